The van der Waals surface area contributed by atoms with Gasteiger partial charge in [-0.05, 0) is 23.6 Å². The highest BCUT2D eigenvalue weighted by molar-refractivity contribution is 7.13. The fraction of sp³-hybridized carbons (Fsp3) is 0.316. The molecular weight excluding hydrogens is 380 g/mol. The summed E-state index contributed by atoms with van der Waals surface area (Å²) >= 11 is 1.32. The number of Topliss-reactive ketones (excluding diaryl/α,β-unsaturated/α-hetero) is 2. The van der Waals surface area contributed by atoms with Crippen LogP contribution >= 0.6 is 11.3 Å². The Morgan fingerprint density at radius 2 is 2.14 bits per heavy atom. The Bertz CT molecular complexity index is 957. The number of hydrogen-bond donors (Lipinski definition) is 2. The number of ketones is 2. The highest BCUT2D eigenvalue weighted by atomic mass is 32.1. The Balaban J connectivity index is 1.40. The lowest BCUT2D eigenvalue weighted by Crippen LogP contribution is -2.44. The van der Waals surface area contributed by atoms with E-state index >= 15 is 0 Å². The van der Waals surface area contributed by atoms with E-state index in [1.54, 1.807) is 22.5 Å². The van der Waals surface area contributed by atoms with E-state index in [2.05, 4.69) is 15.6 Å². The molecule has 1 saturated carbocycles. The number of carbonyl (C=O) groups is 4. The topological polar surface area (TPSA) is 108 Å². The van der Waals surface area contributed by atoms with Crippen molar-refractivity contribution in [1.82, 2.24) is 15.2 Å². The Kier molecular flexibility index (Phi) is 4.91. The monoisotopic (exact) mass is 398 g/mol. The molecule has 2 N–H and O–H groups in total. The van der Waals surface area contributed by atoms with Gasteiger partial charge >= 0.3 is 6.03 Å². The number of fused-ring (bicyclic) bond motifs is 1. The SMILES string of the molecule is O=C1CCC(N2Cc3ccc(CNC(=O)Nc4nccs4)cc3C2=O)C(=O)C1. The van der Waals surface area contributed by atoms with Crippen molar-refractivity contribution in [3.63, 3.8) is 0 Å². The van der Waals surface area contributed by atoms with E-state index in [9.17, 15) is 19.2 Å². The molecular formula is C19H18N4O4S. The lowest BCUT2D eigenvalue weighted by molar-refractivity contribution is -0.133. The molecule has 1 unspecified atom stereocenters. The Morgan fingerprint density at radius 1 is 1.29 bits per heavy atom. The van der Waals surface area contributed by atoms with Gasteiger partial charge in [0.1, 0.15) is 5.78 Å². The van der Waals surface area contributed by atoms with E-state index in [4.69, 9.17) is 0 Å². The van der Waals surface area contributed by atoms with Crippen molar-refractivity contribution in [3.8, 4) is 0 Å². The van der Waals surface area contributed by atoms with E-state index in [0.29, 0.717) is 30.1 Å². The molecule has 4 rings (SSSR count). The third-order valence-electron chi connectivity index (χ3n) is 4.93. The quantitative estimate of drug-likeness (QED) is 0.767. The van der Waals surface area contributed by atoms with E-state index in [1.165, 1.54) is 11.3 Å². The third-order valence-corrected chi connectivity index (χ3v) is 5.62. The van der Waals surface area contributed by atoms with Crippen LogP contribution in [0.5, 0.6) is 0 Å². The van der Waals surface area contributed by atoms with Crippen LogP contribution in [0, 0.1) is 0 Å². The minimum Gasteiger partial charge on any atom is -0.334 e. The van der Waals surface area contributed by atoms with Gasteiger partial charge in [0, 0.05) is 36.7 Å². The van der Waals surface area contributed by atoms with Crippen LogP contribution in [0.4, 0.5) is 9.93 Å². The highest BCUT2D eigenvalue weighted by Gasteiger charge is 2.38. The van der Waals surface area contributed by atoms with Crippen LogP contribution in [0.2, 0.25) is 0 Å². The van der Waals surface area contributed by atoms with Gasteiger partial charge in [-0.2, -0.15) is 0 Å². The van der Waals surface area contributed by atoms with Crippen molar-refractivity contribution in [2.75, 3.05) is 5.32 Å². The normalized spacial score (nSPS) is 18.9. The molecule has 0 spiro atoms. The van der Waals surface area contributed by atoms with E-state index < -0.39 is 6.04 Å². The van der Waals surface area contributed by atoms with Gasteiger partial charge in [-0.25, -0.2) is 9.78 Å². The molecule has 28 heavy (non-hydrogen) atoms. The van der Waals surface area contributed by atoms with Gasteiger partial charge in [0.25, 0.3) is 5.91 Å². The number of nitrogens with one attached hydrogen (secondary N) is 2. The first-order valence-electron chi connectivity index (χ1n) is 8.93. The number of carbonyl (C=O) groups excluding carboxylic acids is 4. The van der Waals surface area contributed by atoms with Crippen LogP contribution in [0.1, 0.15) is 40.7 Å². The van der Waals surface area contributed by atoms with Gasteiger partial charge in [-0.3, -0.25) is 19.7 Å². The average molecular weight is 398 g/mol. The van der Waals surface area contributed by atoms with Crippen LogP contribution in [0.15, 0.2) is 29.8 Å². The van der Waals surface area contributed by atoms with Crippen LogP contribution in [0.25, 0.3) is 0 Å². The van der Waals surface area contributed by atoms with Gasteiger partial charge in [-0.15, -0.1) is 11.3 Å². The second-order valence-corrected chi connectivity index (χ2v) is 7.70. The zero-order valence-corrected chi connectivity index (χ0v) is 15.8. The van der Waals surface area contributed by atoms with Crippen molar-refractivity contribution >= 4 is 40.0 Å². The molecule has 0 bridgehead atoms. The molecule has 0 saturated heterocycles. The highest BCUT2D eigenvalue weighted by Crippen LogP contribution is 2.29. The fourth-order valence-corrected chi connectivity index (χ4v) is 4.05. The number of hydrogen-bond acceptors (Lipinski definition) is 6. The summed E-state index contributed by atoms with van der Waals surface area (Å²) in [5.74, 6) is -0.440. The maximum absolute atomic E-state index is 12.8. The van der Waals surface area contributed by atoms with Gasteiger partial charge in [0.15, 0.2) is 10.9 Å². The van der Waals surface area contributed by atoms with Crippen molar-refractivity contribution in [3.05, 3.63) is 46.5 Å². The van der Waals surface area contributed by atoms with Crippen molar-refractivity contribution in [2.24, 2.45) is 0 Å². The van der Waals surface area contributed by atoms with Crippen molar-refractivity contribution in [2.45, 2.75) is 38.4 Å². The lowest BCUT2D eigenvalue weighted by Gasteiger charge is -2.29. The molecule has 1 atom stereocenters. The minimum atomic E-state index is -0.525. The van der Waals surface area contributed by atoms with Crippen LogP contribution in [-0.2, 0) is 22.7 Å². The van der Waals surface area contributed by atoms with Crippen molar-refractivity contribution < 1.29 is 19.2 Å². The average Bonchev–Trinajstić information content (AvgIpc) is 3.28. The maximum atomic E-state index is 12.8. The summed E-state index contributed by atoms with van der Waals surface area (Å²) in [4.78, 5) is 53.9. The molecule has 0 radical (unpaired) electrons. The van der Waals surface area contributed by atoms with Gasteiger partial charge in [-0.1, -0.05) is 12.1 Å². The first kappa shape index (κ1) is 18.3. The zero-order valence-electron chi connectivity index (χ0n) is 14.9. The van der Waals surface area contributed by atoms with Crippen LogP contribution in [0.3, 0.4) is 0 Å². The van der Waals surface area contributed by atoms with Crippen LogP contribution < -0.4 is 10.6 Å². The molecule has 3 amide bonds. The predicted octanol–water partition coefficient (Wildman–Crippen LogP) is 2.11. The fourth-order valence-electron chi connectivity index (χ4n) is 3.53. The molecule has 144 valence electrons. The molecule has 1 aliphatic carbocycles. The second kappa shape index (κ2) is 7.51. The summed E-state index contributed by atoms with van der Waals surface area (Å²) in [7, 11) is 0. The number of amides is 3. The molecule has 1 fully saturated rings. The molecule has 1 aliphatic heterocycles. The third kappa shape index (κ3) is 3.65. The molecule has 1 aromatic carbocycles. The standard InChI is InChI=1S/C19H18N4O4S/c24-13-3-4-15(16(25)8-13)23-10-12-2-1-11(7-14(12)17(23)26)9-21-18(27)22-19-20-5-6-28-19/h1-2,5-7,15H,3-4,8-10H2,(H2,20,21,22,27). The largest absolute Gasteiger partial charge is 0.334 e. The summed E-state index contributed by atoms with van der Waals surface area (Å²) in [5, 5.41) is 7.63. The van der Waals surface area contributed by atoms with Gasteiger partial charge < -0.3 is 10.2 Å². The summed E-state index contributed by atoms with van der Waals surface area (Å²) in [6.45, 7) is 0.631. The Labute approximate surface area is 164 Å². The molecule has 2 heterocycles. The first-order chi connectivity index (χ1) is 13.5. The second-order valence-electron chi connectivity index (χ2n) is 6.81. The number of nitrogens with zero attached hydrogens (tertiary/aromatic N) is 2. The van der Waals surface area contributed by atoms with Crippen molar-refractivity contribution in [1.29, 1.82) is 0 Å². The molecule has 2 aromatic rings. The summed E-state index contributed by atoms with van der Waals surface area (Å²) < 4.78 is 0. The van der Waals surface area contributed by atoms with E-state index in [-0.39, 0.29) is 36.5 Å². The van der Waals surface area contributed by atoms with E-state index in [0.717, 1.165) is 11.1 Å². The molecule has 9 heteroatoms. The minimum absolute atomic E-state index is 0.0604. The van der Waals surface area contributed by atoms with E-state index in [1.807, 2.05) is 12.1 Å². The molecule has 1 aromatic heterocycles. The van der Waals surface area contributed by atoms with Gasteiger partial charge in [0.05, 0.1) is 12.5 Å². The van der Waals surface area contributed by atoms with Gasteiger partial charge in [0.2, 0.25) is 0 Å². The predicted molar refractivity (Wildman–Crippen MR) is 102 cm³/mol. The number of thiazole rings is 1. The lowest BCUT2D eigenvalue weighted by atomic mass is 9.92. The zero-order chi connectivity index (χ0) is 19.7. The number of urea groups is 1. The molecule has 8 nitrogen and oxygen atoms in total. The summed E-state index contributed by atoms with van der Waals surface area (Å²) in [5.41, 5.74) is 2.18. The summed E-state index contributed by atoms with van der Waals surface area (Å²) in [6.07, 6.45) is 2.24. The molecule has 2 aliphatic rings. The Hall–Kier alpha value is -3.07. The first-order valence-corrected chi connectivity index (χ1v) is 9.81. The Morgan fingerprint density at radius 3 is 2.89 bits per heavy atom. The number of rotatable bonds is 4. The number of anilines is 1. The summed E-state index contributed by atoms with van der Waals surface area (Å²) in [6, 6.07) is 4.55. The maximum Gasteiger partial charge on any atom is 0.321 e. The number of aromatic nitrogens is 1. The number of benzene rings is 1. The van der Waals surface area contributed by atoms with Crippen LogP contribution in [-0.4, -0.2) is 39.4 Å². The smallest absolute Gasteiger partial charge is 0.321 e.